The number of fused-ring (bicyclic) bond motifs is 1. The number of aromatic nitrogens is 2. The number of carbonyl (C=O) groups excluding carboxylic acids is 4. The molecule has 310 valence electrons. The molecule has 1 aromatic heterocycles. The predicted octanol–water partition coefficient (Wildman–Crippen LogP) is 5.08. The van der Waals surface area contributed by atoms with Crippen molar-refractivity contribution in [1.29, 1.82) is 0 Å². The zero-order valence-corrected chi connectivity index (χ0v) is 34.6. The molecule has 16 nitrogen and oxygen atoms in total. The molecule has 2 saturated heterocycles. The van der Waals surface area contributed by atoms with Gasteiger partial charge < -0.3 is 29.9 Å². The van der Waals surface area contributed by atoms with Gasteiger partial charge in [0.2, 0.25) is 17.8 Å². The van der Waals surface area contributed by atoms with E-state index in [1.807, 2.05) is 36.4 Å². The number of imide groups is 2. The fraction of sp³-hybridized carbons (Fsp3) is 0.366. The average Bonchev–Trinajstić information content (AvgIpc) is 3.50. The fourth-order valence-corrected chi connectivity index (χ4v) is 8.05. The molecule has 7 rings (SSSR count). The summed E-state index contributed by atoms with van der Waals surface area (Å²) in [5.74, 6) is -0.519. The second-order valence-corrected chi connectivity index (χ2v) is 15.7. The Morgan fingerprint density at radius 2 is 1.73 bits per heavy atom. The zero-order valence-electron chi connectivity index (χ0n) is 32.9. The highest BCUT2D eigenvalue weighted by Crippen LogP contribution is 2.36. The van der Waals surface area contributed by atoms with Crippen LogP contribution in [-0.2, 0) is 21.4 Å². The lowest BCUT2D eigenvalue weighted by molar-refractivity contribution is -0.136. The molecule has 4 amide bonds. The van der Waals surface area contributed by atoms with Gasteiger partial charge in [0.05, 0.1) is 48.1 Å². The second-order valence-electron chi connectivity index (χ2n) is 14.5. The minimum Gasteiger partial charge on any atom is -0.494 e. The lowest BCUT2D eigenvalue weighted by Crippen LogP contribution is -2.54. The summed E-state index contributed by atoms with van der Waals surface area (Å²) in [5.41, 5.74) is 3.50. The maximum atomic E-state index is 13.4. The third-order valence-electron chi connectivity index (χ3n) is 10.8. The number of nitrogens with zero attached hydrogens (tertiary/aromatic N) is 6. The number of nitrogens with one attached hydrogen (secondary N) is 3. The number of para-hydroxylation sites is 2. The number of carbonyl (C=O) groups is 4. The van der Waals surface area contributed by atoms with Crippen molar-refractivity contribution >= 4 is 81.6 Å². The standard InChI is InChI=1S/C41H46ClN9O7S/c1-48(19-6-7-22-58-33-12-8-9-27-36(33)40(55)51(39(27)54)32-15-16-35(52)46-38(32)53)25-17-20-50(21-18-25)26-13-14-30(34(23-26)57-3)45-41-43-24-28(42)37(47-41)44-29-10-4-5-11-31(29)49(2)59-56/h4-5,8-14,23-25,32,59H,6-7,15-22H2,1-3H3,(H,46,52,53)(H2,43,44,45,47). The second kappa shape index (κ2) is 18.4. The molecule has 4 aromatic rings. The fourth-order valence-electron chi connectivity index (χ4n) is 7.65. The number of anilines is 6. The van der Waals surface area contributed by atoms with Crippen molar-refractivity contribution in [2.24, 2.45) is 0 Å². The Morgan fingerprint density at radius 1 is 0.932 bits per heavy atom. The zero-order chi connectivity index (χ0) is 41.6. The summed E-state index contributed by atoms with van der Waals surface area (Å²) in [6, 6.07) is 17.7. The summed E-state index contributed by atoms with van der Waals surface area (Å²) >= 11 is 6.30. The van der Waals surface area contributed by atoms with Gasteiger partial charge in [-0.15, -0.1) is 0 Å². The van der Waals surface area contributed by atoms with Crippen LogP contribution in [0, 0.1) is 0 Å². The van der Waals surface area contributed by atoms with Crippen LogP contribution in [0.5, 0.6) is 11.5 Å². The number of methoxy groups -OCH3 is 1. The summed E-state index contributed by atoms with van der Waals surface area (Å²) in [6.07, 6.45) is 5.29. The molecule has 0 radical (unpaired) electrons. The van der Waals surface area contributed by atoms with E-state index in [1.165, 1.54) is 6.20 Å². The first kappa shape index (κ1) is 41.4. The molecule has 18 heteroatoms. The molecule has 0 bridgehead atoms. The van der Waals surface area contributed by atoms with Gasteiger partial charge in [0, 0.05) is 44.4 Å². The maximum Gasteiger partial charge on any atom is 0.266 e. The van der Waals surface area contributed by atoms with Crippen molar-refractivity contribution < 1.29 is 32.9 Å². The maximum absolute atomic E-state index is 13.4. The van der Waals surface area contributed by atoms with E-state index in [0.717, 1.165) is 55.9 Å². The Kier molecular flexibility index (Phi) is 12.9. The van der Waals surface area contributed by atoms with Crippen molar-refractivity contribution in [1.82, 2.24) is 25.1 Å². The normalized spacial score (nSPS) is 16.9. The molecule has 1 unspecified atom stereocenters. The summed E-state index contributed by atoms with van der Waals surface area (Å²) < 4.78 is 24.9. The van der Waals surface area contributed by atoms with Gasteiger partial charge in [-0.3, -0.25) is 33.7 Å². The Balaban J connectivity index is 0.879. The quantitative estimate of drug-likeness (QED) is 0.0668. The Morgan fingerprint density at radius 3 is 2.49 bits per heavy atom. The molecule has 59 heavy (non-hydrogen) atoms. The number of halogens is 1. The molecule has 0 saturated carbocycles. The Bertz CT molecular complexity index is 2260. The average molecular weight is 844 g/mol. The van der Waals surface area contributed by atoms with Crippen LogP contribution in [0.2, 0.25) is 5.02 Å². The van der Waals surface area contributed by atoms with Crippen LogP contribution in [-0.4, -0.2) is 107 Å². The number of unbranched alkanes of at least 4 members (excludes halogenated alkanes) is 1. The number of amides is 4. The van der Waals surface area contributed by atoms with Gasteiger partial charge in [0.1, 0.15) is 34.4 Å². The minimum atomic E-state index is -1.02. The number of ether oxygens (including phenoxy) is 2. The van der Waals surface area contributed by atoms with Crippen LogP contribution in [0.1, 0.15) is 59.2 Å². The van der Waals surface area contributed by atoms with Crippen LogP contribution in [0.25, 0.3) is 0 Å². The van der Waals surface area contributed by atoms with E-state index in [0.29, 0.717) is 58.0 Å². The molecule has 3 aromatic carbocycles. The monoisotopic (exact) mass is 843 g/mol. The van der Waals surface area contributed by atoms with Crippen LogP contribution in [0.15, 0.2) is 66.9 Å². The van der Waals surface area contributed by atoms with Crippen molar-refractivity contribution in [2.45, 2.75) is 50.6 Å². The van der Waals surface area contributed by atoms with Crippen LogP contribution in [0.4, 0.5) is 34.5 Å². The van der Waals surface area contributed by atoms with Crippen molar-refractivity contribution in [3.63, 3.8) is 0 Å². The number of rotatable bonds is 16. The van der Waals surface area contributed by atoms with Crippen LogP contribution < -0.4 is 34.6 Å². The lowest BCUT2D eigenvalue weighted by Gasteiger charge is -2.38. The molecule has 3 N–H and O–H groups in total. The van der Waals surface area contributed by atoms with Gasteiger partial charge in [-0.1, -0.05) is 29.8 Å². The van der Waals surface area contributed by atoms with Crippen molar-refractivity contribution in [3.8, 4) is 11.5 Å². The Hall–Kier alpha value is -5.78. The van der Waals surface area contributed by atoms with Gasteiger partial charge in [-0.05, 0) is 82.1 Å². The number of benzene rings is 3. The predicted molar refractivity (Wildman–Crippen MR) is 227 cm³/mol. The Labute approximate surface area is 350 Å². The van der Waals surface area contributed by atoms with Crippen LogP contribution in [0.3, 0.4) is 0 Å². The smallest absolute Gasteiger partial charge is 0.266 e. The first-order chi connectivity index (χ1) is 28.6. The van der Waals surface area contributed by atoms with Gasteiger partial charge in [0.25, 0.3) is 11.8 Å². The molecule has 3 aliphatic rings. The minimum absolute atomic E-state index is 0.0633. The largest absolute Gasteiger partial charge is 0.494 e. The number of hydrogen-bond donors (Lipinski definition) is 4. The number of hydrogen-bond acceptors (Lipinski definition) is 13. The first-order valence-corrected chi connectivity index (χ1v) is 20.5. The highest BCUT2D eigenvalue weighted by Gasteiger charge is 2.46. The SMILES string of the molecule is COc1cc(N2CCC(N(C)CCCCOc3cccc4c3C(=O)N(C3CCC(=O)NC3=O)C4=O)CC2)ccc1Nc1ncc(Cl)c(Nc2ccccc2N(C)[SH]=O)n1. The topological polar surface area (TPSA) is 179 Å². The molecule has 2 fully saturated rings. The third kappa shape index (κ3) is 9.11. The molecule has 4 heterocycles. The van der Waals surface area contributed by atoms with E-state index in [9.17, 15) is 23.4 Å². The first-order valence-electron chi connectivity index (χ1n) is 19.4. The lowest BCUT2D eigenvalue weighted by atomic mass is 10.0. The van der Waals surface area contributed by atoms with E-state index in [4.69, 9.17) is 21.1 Å². The van der Waals surface area contributed by atoms with Crippen molar-refractivity contribution in [2.75, 3.05) is 67.3 Å². The number of piperidine rings is 2. The molecule has 3 aliphatic heterocycles. The molecular formula is C41H46ClN9O7S. The summed E-state index contributed by atoms with van der Waals surface area (Å²) in [5, 5.41) is 9.02. The summed E-state index contributed by atoms with van der Waals surface area (Å²) in [4.78, 5) is 65.2. The molecule has 1 atom stereocenters. The van der Waals surface area contributed by atoms with E-state index < -0.39 is 29.7 Å². The van der Waals surface area contributed by atoms with E-state index >= 15 is 0 Å². The van der Waals surface area contributed by atoms with Crippen molar-refractivity contribution in [3.05, 3.63) is 83.0 Å². The van der Waals surface area contributed by atoms with Gasteiger partial charge in [0.15, 0.2) is 5.82 Å². The third-order valence-corrected chi connectivity index (χ3v) is 11.6. The summed E-state index contributed by atoms with van der Waals surface area (Å²) in [6.45, 7) is 3.01. The van der Waals surface area contributed by atoms with E-state index in [1.54, 1.807) is 36.7 Å². The van der Waals surface area contributed by atoms with Gasteiger partial charge in [-0.2, -0.15) is 4.98 Å². The number of thiol groups is 1. The highest BCUT2D eigenvalue weighted by atomic mass is 35.5. The molecule has 0 aliphatic carbocycles. The van der Waals surface area contributed by atoms with E-state index in [2.05, 4.69) is 48.8 Å². The van der Waals surface area contributed by atoms with E-state index in [-0.39, 0.29) is 35.8 Å². The van der Waals surface area contributed by atoms with Gasteiger partial charge >= 0.3 is 0 Å². The van der Waals surface area contributed by atoms with Crippen LogP contribution >= 0.6 is 11.6 Å². The molecule has 0 spiro atoms. The molecular weight excluding hydrogens is 798 g/mol. The van der Waals surface area contributed by atoms with Gasteiger partial charge in [-0.25, -0.2) is 9.19 Å². The highest BCUT2D eigenvalue weighted by molar-refractivity contribution is 7.67. The summed E-state index contributed by atoms with van der Waals surface area (Å²) in [7, 11) is 5.48.